The van der Waals surface area contributed by atoms with Gasteiger partial charge in [-0.25, -0.2) is 0 Å². The van der Waals surface area contributed by atoms with Gasteiger partial charge in [0.15, 0.2) is 11.5 Å². The van der Waals surface area contributed by atoms with Gasteiger partial charge >= 0.3 is 0 Å². The number of phenolic OH excluding ortho intramolecular Hbond substituents is 1. The molecule has 2 amide bonds. The third-order valence-electron chi connectivity index (χ3n) is 3.75. The van der Waals surface area contributed by atoms with E-state index < -0.39 is 5.91 Å². The minimum Gasteiger partial charge on any atom is -0.503 e. The molecule has 0 aliphatic carbocycles. The molecular formula is C19H15Cl2NO4S. The van der Waals surface area contributed by atoms with Crippen LogP contribution in [-0.4, -0.2) is 27.8 Å². The number of nitrogens with zero attached hydrogens (tertiary/aromatic N) is 1. The third kappa shape index (κ3) is 4.40. The highest BCUT2D eigenvalue weighted by Gasteiger charge is 2.35. The molecule has 0 aromatic heterocycles. The maximum absolute atomic E-state index is 12.6. The first kappa shape index (κ1) is 19.6. The van der Waals surface area contributed by atoms with Crippen molar-refractivity contribution in [2.45, 2.75) is 13.5 Å². The SMILES string of the molecule is CCOc1cc(/C=C2\SC(=O)N(Cc3cccc(Cl)c3)C2=O)cc(Cl)c1O. The highest BCUT2D eigenvalue weighted by Crippen LogP contribution is 2.38. The zero-order valence-corrected chi connectivity index (χ0v) is 16.6. The van der Waals surface area contributed by atoms with Crippen LogP contribution >= 0.6 is 35.0 Å². The van der Waals surface area contributed by atoms with Crippen molar-refractivity contribution in [3.8, 4) is 11.5 Å². The summed E-state index contributed by atoms with van der Waals surface area (Å²) in [5.41, 5.74) is 1.31. The number of amides is 2. The van der Waals surface area contributed by atoms with Crippen LogP contribution in [0.4, 0.5) is 4.79 Å². The van der Waals surface area contributed by atoms with Crippen LogP contribution in [0, 0.1) is 0 Å². The number of aromatic hydroxyl groups is 1. The smallest absolute Gasteiger partial charge is 0.293 e. The van der Waals surface area contributed by atoms with E-state index in [2.05, 4.69) is 0 Å². The summed E-state index contributed by atoms with van der Waals surface area (Å²) in [7, 11) is 0. The van der Waals surface area contributed by atoms with Gasteiger partial charge in [-0.05, 0) is 60.2 Å². The number of phenols is 1. The maximum atomic E-state index is 12.6. The second kappa shape index (κ2) is 8.25. The number of hydrogen-bond acceptors (Lipinski definition) is 5. The van der Waals surface area contributed by atoms with Crippen molar-refractivity contribution in [3.63, 3.8) is 0 Å². The summed E-state index contributed by atoms with van der Waals surface area (Å²) in [5.74, 6) is -0.341. The molecule has 1 aliphatic heterocycles. The van der Waals surface area contributed by atoms with E-state index in [9.17, 15) is 14.7 Å². The van der Waals surface area contributed by atoms with Crippen LogP contribution in [0.25, 0.3) is 6.08 Å². The Morgan fingerprint density at radius 2 is 2.00 bits per heavy atom. The van der Waals surface area contributed by atoms with E-state index in [1.807, 2.05) is 0 Å². The second-order valence-corrected chi connectivity index (χ2v) is 7.52. The molecule has 27 heavy (non-hydrogen) atoms. The standard InChI is InChI=1S/C19H15Cl2NO4S/c1-2-26-15-8-12(7-14(21)17(15)23)9-16-18(24)22(19(25)27-16)10-11-4-3-5-13(20)6-11/h3-9,23H,2,10H2,1H3/b16-9-. The van der Waals surface area contributed by atoms with Gasteiger partial charge in [-0.15, -0.1) is 0 Å². The zero-order chi connectivity index (χ0) is 19.6. The van der Waals surface area contributed by atoms with Gasteiger partial charge in [-0.3, -0.25) is 14.5 Å². The van der Waals surface area contributed by atoms with Crippen molar-refractivity contribution in [3.05, 3.63) is 62.5 Å². The van der Waals surface area contributed by atoms with E-state index in [0.29, 0.717) is 17.2 Å². The van der Waals surface area contributed by atoms with Crippen LogP contribution in [0.3, 0.4) is 0 Å². The molecule has 0 radical (unpaired) electrons. The van der Waals surface area contributed by atoms with E-state index in [-0.39, 0.29) is 33.2 Å². The van der Waals surface area contributed by atoms with Crippen molar-refractivity contribution in [1.82, 2.24) is 4.90 Å². The molecule has 1 N–H and O–H groups in total. The van der Waals surface area contributed by atoms with Gasteiger partial charge in [-0.1, -0.05) is 35.3 Å². The van der Waals surface area contributed by atoms with Gasteiger partial charge < -0.3 is 9.84 Å². The molecule has 3 rings (SSSR count). The summed E-state index contributed by atoms with van der Waals surface area (Å²) in [6, 6.07) is 10.1. The van der Waals surface area contributed by atoms with E-state index in [0.717, 1.165) is 22.2 Å². The summed E-state index contributed by atoms with van der Waals surface area (Å²) >= 11 is 12.8. The molecular weight excluding hydrogens is 409 g/mol. The number of hydrogen-bond donors (Lipinski definition) is 1. The lowest BCUT2D eigenvalue weighted by molar-refractivity contribution is -0.123. The van der Waals surface area contributed by atoms with E-state index >= 15 is 0 Å². The topological polar surface area (TPSA) is 66.8 Å². The molecule has 0 bridgehead atoms. The van der Waals surface area contributed by atoms with E-state index in [4.69, 9.17) is 27.9 Å². The summed E-state index contributed by atoms with van der Waals surface area (Å²) in [6.07, 6.45) is 1.55. The first-order valence-corrected chi connectivity index (χ1v) is 9.61. The molecule has 0 unspecified atom stereocenters. The Hall–Kier alpha value is -2.15. The number of carbonyl (C=O) groups excluding carboxylic acids is 2. The van der Waals surface area contributed by atoms with Crippen LogP contribution in [0.5, 0.6) is 11.5 Å². The van der Waals surface area contributed by atoms with Crippen molar-refractivity contribution in [2.75, 3.05) is 6.61 Å². The average molecular weight is 424 g/mol. The Morgan fingerprint density at radius 3 is 2.70 bits per heavy atom. The molecule has 2 aromatic carbocycles. The molecule has 0 atom stereocenters. The summed E-state index contributed by atoms with van der Waals surface area (Å²) in [4.78, 5) is 26.3. The first-order valence-electron chi connectivity index (χ1n) is 8.04. The lowest BCUT2D eigenvalue weighted by Crippen LogP contribution is -2.27. The fraction of sp³-hybridized carbons (Fsp3) is 0.158. The number of thioether (sulfide) groups is 1. The zero-order valence-electron chi connectivity index (χ0n) is 14.2. The van der Waals surface area contributed by atoms with Gasteiger partial charge in [0, 0.05) is 5.02 Å². The lowest BCUT2D eigenvalue weighted by atomic mass is 10.1. The second-order valence-electron chi connectivity index (χ2n) is 5.68. The van der Waals surface area contributed by atoms with Gasteiger partial charge in [0.1, 0.15) is 0 Å². The number of halogens is 2. The largest absolute Gasteiger partial charge is 0.503 e. The Labute approximate surface area is 170 Å². The number of rotatable bonds is 5. The summed E-state index contributed by atoms with van der Waals surface area (Å²) in [6.45, 7) is 2.27. The molecule has 2 aromatic rings. The average Bonchev–Trinajstić information content (AvgIpc) is 2.87. The monoisotopic (exact) mass is 423 g/mol. The molecule has 0 spiro atoms. The Kier molecular flexibility index (Phi) is 5.99. The molecule has 1 heterocycles. The van der Waals surface area contributed by atoms with Crippen LogP contribution in [0.1, 0.15) is 18.1 Å². The van der Waals surface area contributed by atoms with Crippen LogP contribution in [0.15, 0.2) is 41.3 Å². The molecule has 140 valence electrons. The number of benzene rings is 2. The highest BCUT2D eigenvalue weighted by atomic mass is 35.5. The van der Waals surface area contributed by atoms with Crippen molar-refractivity contribution in [2.24, 2.45) is 0 Å². The first-order chi connectivity index (χ1) is 12.9. The predicted molar refractivity (Wildman–Crippen MR) is 107 cm³/mol. The quantitative estimate of drug-likeness (QED) is 0.657. The number of imide groups is 1. The normalized spacial score (nSPS) is 15.7. The molecule has 1 saturated heterocycles. The van der Waals surface area contributed by atoms with Gasteiger partial charge in [0.2, 0.25) is 0 Å². The van der Waals surface area contributed by atoms with E-state index in [1.165, 1.54) is 6.07 Å². The molecule has 5 nitrogen and oxygen atoms in total. The van der Waals surface area contributed by atoms with E-state index in [1.54, 1.807) is 43.3 Å². The fourth-order valence-corrected chi connectivity index (χ4v) is 3.82. The Morgan fingerprint density at radius 1 is 1.22 bits per heavy atom. The third-order valence-corrected chi connectivity index (χ3v) is 5.18. The Balaban J connectivity index is 1.86. The van der Waals surface area contributed by atoms with Gasteiger partial charge in [0.05, 0.1) is 23.1 Å². The highest BCUT2D eigenvalue weighted by molar-refractivity contribution is 8.18. The Bertz CT molecular complexity index is 945. The number of carbonyl (C=O) groups is 2. The number of ether oxygens (including phenoxy) is 1. The van der Waals surface area contributed by atoms with Gasteiger partial charge in [0.25, 0.3) is 11.1 Å². The van der Waals surface area contributed by atoms with Crippen molar-refractivity contribution < 1.29 is 19.4 Å². The molecule has 1 fully saturated rings. The lowest BCUT2D eigenvalue weighted by Gasteiger charge is -2.12. The molecule has 0 saturated carbocycles. The maximum Gasteiger partial charge on any atom is 0.293 e. The van der Waals surface area contributed by atoms with Gasteiger partial charge in [-0.2, -0.15) is 0 Å². The predicted octanol–water partition coefficient (Wildman–Crippen LogP) is 5.33. The fourth-order valence-electron chi connectivity index (χ4n) is 2.55. The van der Waals surface area contributed by atoms with Crippen molar-refractivity contribution >= 4 is 52.2 Å². The van der Waals surface area contributed by atoms with Crippen LogP contribution < -0.4 is 4.74 Å². The molecule has 8 heteroatoms. The minimum atomic E-state index is -0.396. The summed E-state index contributed by atoms with van der Waals surface area (Å²) < 4.78 is 5.34. The minimum absolute atomic E-state index is 0.102. The van der Waals surface area contributed by atoms with Crippen LogP contribution in [-0.2, 0) is 11.3 Å². The van der Waals surface area contributed by atoms with Crippen LogP contribution in [0.2, 0.25) is 10.0 Å². The summed E-state index contributed by atoms with van der Waals surface area (Å²) in [5, 5.41) is 10.2. The van der Waals surface area contributed by atoms with Crippen molar-refractivity contribution in [1.29, 1.82) is 0 Å². The molecule has 1 aliphatic rings.